The second-order valence-electron chi connectivity index (χ2n) is 4.87. The number of benzene rings is 1. The Morgan fingerprint density at radius 1 is 1.54 bits per heavy atom. The van der Waals surface area contributed by atoms with Gasteiger partial charge in [-0.05, 0) is 6.26 Å². The zero-order valence-electron chi connectivity index (χ0n) is 13.5. The van der Waals surface area contributed by atoms with Crippen molar-refractivity contribution in [2.75, 3.05) is 17.7 Å². The molecule has 10 heteroatoms. The maximum atomic E-state index is 12.3. The predicted octanol–water partition coefficient (Wildman–Crippen LogP) is 3.11. The summed E-state index contributed by atoms with van der Waals surface area (Å²) in [5.41, 5.74) is 6.30. The predicted molar refractivity (Wildman–Crippen MR) is 98.3 cm³/mol. The largest absolute Gasteiger partial charge is 0.293 e. The number of carbonyl (C=O) groups excluding carboxylic acids is 1. The average Bonchev–Trinajstić information content (AvgIpc) is 2.65. The minimum Gasteiger partial charge on any atom is -0.293 e. The first-order valence-corrected chi connectivity index (χ1v) is 9.24. The van der Waals surface area contributed by atoms with Gasteiger partial charge in [0.1, 0.15) is 11.6 Å². The smallest absolute Gasteiger partial charge is 0.287 e. The molecule has 2 aromatic rings. The molecule has 1 aromatic carbocycles. The van der Waals surface area contributed by atoms with Gasteiger partial charge in [-0.25, -0.2) is 9.83 Å². The Morgan fingerprint density at radius 2 is 2.27 bits per heavy atom. The molecule has 0 aliphatic rings. The number of carbonyl (C=O) groups is 1. The number of thioether (sulfide) groups is 2. The monoisotopic (exact) mass is 386 g/mol. The van der Waals surface area contributed by atoms with Gasteiger partial charge in [-0.2, -0.15) is 5.26 Å². The van der Waals surface area contributed by atoms with Crippen LogP contribution in [0.1, 0.15) is 15.9 Å². The van der Waals surface area contributed by atoms with Gasteiger partial charge in [0.05, 0.1) is 17.2 Å². The van der Waals surface area contributed by atoms with E-state index in [2.05, 4.69) is 9.83 Å². The molecule has 3 N–H and O–H groups in total. The van der Waals surface area contributed by atoms with Gasteiger partial charge in [-0.15, -0.1) is 11.8 Å². The number of Topliss-reactive ketones (excluding diaryl/α,β-unsaturated/α-hetero) is 1. The molecular formula is C16H12N5O3S2+. The maximum Gasteiger partial charge on any atom is 0.287 e. The molecule has 8 nitrogen and oxygen atoms in total. The van der Waals surface area contributed by atoms with Crippen LogP contribution in [0.3, 0.4) is 0 Å². The van der Waals surface area contributed by atoms with Crippen molar-refractivity contribution in [2.24, 2.45) is 0 Å². The number of H-pyrrole nitrogens is 1. The van der Waals surface area contributed by atoms with E-state index >= 15 is 0 Å². The first-order chi connectivity index (χ1) is 12.4. The second-order valence-corrected chi connectivity index (χ2v) is 6.67. The number of nitriles is 1. The van der Waals surface area contributed by atoms with Crippen LogP contribution >= 0.6 is 23.5 Å². The first kappa shape index (κ1) is 19.2. The van der Waals surface area contributed by atoms with E-state index < -0.39 is 4.92 Å². The molecule has 0 atom stereocenters. The molecule has 26 heavy (non-hydrogen) atoms. The minimum absolute atomic E-state index is 0.0423. The number of ketones is 1. The normalized spacial score (nSPS) is 9.96. The van der Waals surface area contributed by atoms with Gasteiger partial charge in [-0.1, -0.05) is 23.9 Å². The summed E-state index contributed by atoms with van der Waals surface area (Å²) in [6, 6.07) is 7.42. The Balaban J connectivity index is 2.30. The van der Waals surface area contributed by atoms with Crippen molar-refractivity contribution < 1.29 is 14.7 Å². The fourth-order valence-electron chi connectivity index (χ4n) is 2.12. The molecule has 0 fully saturated rings. The highest BCUT2D eigenvalue weighted by Crippen LogP contribution is 2.38. The van der Waals surface area contributed by atoms with Crippen molar-refractivity contribution in [3.05, 3.63) is 56.9 Å². The van der Waals surface area contributed by atoms with Crippen LogP contribution in [0.15, 0.2) is 34.2 Å². The number of aromatic amines is 1. The number of non-ortho nitro benzene ring substituents is 1. The summed E-state index contributed by atoms with van der Waals surface area (Å²) >= 11 is 2.29. The van der Waals surface area contributed by atoms with Crippen LogP contribution in [0, 0.1) is 28.0 Å². The van der Waals surface area contributed by atoms with Gasteiger partial charge in [0.2, 0.25) is 0 Å². The lowest BCUT2D eigenvalue weighted by atomic mass is 10.1. The molecule has 1 aromatic heterocycles. The lowest BCUT2D eigenvalue weighted by molar-refractivity contribution is -0.408. The number of nitrogens with two attached hydrogens (primary N) is 1. The number of rotatable bonds is 6. The van der Waals surface area contributed by atoms with E-state index in [1.807, 2.05) is 6.07 Å². The van der Waals surface area contributed by atoms with Crippen molar-refractivity contribution in [3.8, 4) is 6.07 Å². The number of nitrogens with one attached hydrogen (secondary N) is 1. The third-order valence-corrected chi connectivity index (χ3v) is 5.13. The fraction of sp³-hybridized carbons (Fsp3) is 0.125. The first-order valence-electron chi connectivity index (χ1n) is 7.03. The molecule has 0 aliphatic carbocycles. The molecule has 2 rings (SSSR count). The minimum atomic E-state index is -0.569. The average molecular weight is 386 g/mol. The maximum absolute atomic E-state index is 12.3. The third kappa shape index (κ3) is 3.94. The molecule has 0 saturated heterocycles. The van der Waals surface area contributed by atoms with E-state index in [0.29, 0.717) is 9.92 Å². The summed E-state index contributed by atoms with van der Waals surface area (Å²) < 4.78 is 0. The Labute approximate surface area is 157 Å². The van der Waals surface area contributed by atoms with E-state index in [1.54, 1.807) is 6.26 Å². The Morgan fingerprint density at radius 3 is 2.85 bits per heavy atom. The van der Waals surface area contributed by atoms with Crippen LogP contribution in [0.2, 0.25) is 0 Å². The molecule has 130 valence electrons. The molecule has 0 aliphatic heterocycles. The molecule has 1 heterocycles. The summed E-state index contributed by atoms with van der Waals surface area (Å²) in [6.07, 6.45) is 1.73. The highest BCUT2D eigenvalue weighted by molar-refractivity contribution is 8.00. The van der Waals surface area contributed by atoms with E-state index in [1.165, 1.54) is 36.0 Å². The topological polar surface area (TPSA) is 129 Å². The van der Waals surface area contributed by atoms with Crippen LogP contribution in [-0.4, -0.2) is 22.7 Å². The van der Waals surface area contributed by atoms with E-state index in [0.717, 1.165) is 11.8 Å². The number of hydrogen-bond donors (Lipinski definition) is 1. The SMILES string of the molecule is [C-]#[N+]c1c(SCC(=O)c2cccc([N+](=O)[O-])c2)[nH+]c(N)c(C#N)c1SC. The van der Waals surface area contributed by atoms with Crippen molar-refractivity contribution >= 4 is 46.5 Å². The Bertz CT molecular complexity index is 979. The number of anilines is 1. The molecule has 0 bridgehead atoms. The fourth-order valence-corrected chi connectivity index (χ4v) is 3.79. The van der Waals surface area contributed by atoms with Crippen LogP contribution in [0.4, 0.5) is 17.2 Å². The van der Waals surface area contributed by atoms with Crippen molar-refractivity contribution in [2.45, 2.75) is 9.92 Å². The van der Waals surface area contributed by atoms with Gasteiger partial charge in [0.25, 0.3) is 17.2 Å². The Hall–Kier alpha value is -3.08. The van der Waals surface area contributed by atoms with Gasteiger partial charge >= 0.3 is 0 Å². The van der Waals surface area contributed by atoms with Crippen molar-refractivity contribution in [3.63, 3.8) is 0 Å². The van der Waals surface area contributed by atoms with E-state index in [9.17, 15) is 20.2 Å². The number of nitro benzene ring substituents is 1. The highest BCUT2D eigenvalue weighted by atomic mass is 32.2. The quantitative estimate of drug-likeness (QED) is 0.265. The molecular weight excluding hydrogens is 374 g/mol. The van der Waals surface area contributed by atoms with E-state index in [-0.39, 0.29) is 39.9 Å². The summed E-state index contributed by atoms with van der Waals surface area (Å²) in [6.45, 7) is 7.36. The number of aromatic nitrogens is 1. The van der Waals surface area contributed by atoms with Crippen LogP contribution in [0.5, 0.6) is 0 Å². The second kappa shape index (κ2) is 8.34. The number of nitro groups is 1. The summed E-state index contributed by atoms with van der Waals surface area (Å²) in [5.74, 6) is -0.245. The lowest BCUT2D eigenvalue weighted by Gasteiger charge is -2.07. The number of hydrogen-bond acceptors (Lipinski definition) is 7. The lowest BCUT2D eigenvalue weighted by Crippen LogP contribution is -2.17. The standard InChI is InChI=1S/C16H11N5O3S2/c1-19-13-14(25-2)11(7-17)15(18)20-16(13)26-8-12(22)9-4-3-5-10(6-9)21(23)24/h3-6H,8H2,2H3,(H2,18,20)/p+1. The van der Waals surface area contributed by atoms with Crippen LogP contribution < -0.4 is 10.7 Å². The van der Waals surface area contributed by atoms with Crippen molar-refractivity contribution in [1.82, 2.24) is 0 Å². The Kier molecular flexibility index (Phi) is 6.17. The molecule has 0 spiro atoms. The van der Waals surface area contributed by atoms with Gasteiger partial charge < -0.3 is 0 Å². The van der Waals surface area contributed by atoms with E-state index in [4.69, 9.17) is 12.3 Å². The molecule has 0 unspecified atom stereocenters. The summed E-state index contributed by atoms with van der Waals surface area (Å²) in [4.78, 5) is 29.3. The summed E-state index contributed by atoms with van der Waals surface area (Å²) in [7, 11) is 0. The zero-order valence-corrected chi connectivity index (χ0v) is 15.1. The number of nitrogens with zero attached hydrogens (tertiary/aromatic N) is 3. The highest BCUT2D eigenvalue weighted by Gasteiger charge is 2.23. The van der Waals surface area contributed by atoms with Gasteiger partial charge in [0, 0.05) is 22.6 Å². The third-order valence-electron chi connectivity index (χ3n) is 3.33. The van der Waals surface area contributed by atoms with Crippen molar-refractivity contribution in [1.29, 1.82) is 5.26 Å². The van der Waals surface area contributed by atoms with Gasteiger partial charge in [-0.3, -0.25) is 20.6 Å². The molecule has 0 radical (unpaired) electrons. The van der Waals surface area contributed by atoms with Crippen LogP contribution in [0.25, 0.3) is 4.85 Å². The zero-order chi connectivity index (χ0) is 19.3. The summed E-state index contributed by atoms with van der Waals surface area (Å²) in [5, 5.41) is 20.4. The molecule has 0 amide bonds. The molecule has 0 saturated carbocycles. The number of nitrogen functional groups attached to an aromatic ring is 1. The number of pyridine rings is 1. The van der Waals surface area contributed by atoms with Crippen LogP contribution in [-0.2, 0) is 0 Å². The van der Waals surface area contributed by atoms with Gasteiger partial charge in [0.15, 0.2) is 10.8 Å².